The average molecular weight is 296 g/mol. The Hall–Kier alpha value is -2.57. The van der Waals surface area contributed by atoms with Crippen molar-refractivity contribution in [3.63, 3.8) is 0 Å². The Bertz CT molecular complexity index is 685. The molecular formula is C14H11F3N2O2. The van der Waals surface area contributed by atoms with Crippen LogP contribution in [0.3, 0.4) is 0 Å². The van der Waals surface area contributed by atoms with Crippen LogP contribution in [0.5, 0.6) is 0 Å². The van der Waals surface area contributed by atoms with E-state index in [0.717, 1.165) is 12.1 Å². The van der Waals surface area contributed by atoms with E-state index in [0.29, 0.717) is 16.8 Å². The molecule has 110 valence electrons. The standard InChI is InChI=1S/C14H11F3N2O2/c1-8(13(20)21)6-10-7-18-19-12(10)9-2-4-11(5-3-9)14(15,16)17/h2-7H,1H3,(H,18,19)(H,20,21)/b8-6+. The van der Waals surface area contributed by atoms with Crippen molar-refractivity contribution in [1.82, 2.24) is 10.2 Å². The van der Waals surface area contributed by atoms with E-state index in [4.69, 9.17) is 5.11 Å². The number of hydrogen-bond donors (Lipinski definition) is 2. The van der Waals surface area contributed by atoms with Gasteiger partial charge >= 0.3 is 12.1 Å². The molecule has 7 heteroatoms. The molecule has 0 unspecified atom stereocenters. The van der Waals surface area contributed by atoms with Crippen LogP contribution >= 0.6 is 0 Å². The summed E-state index contributed by atoms with van der Waals surface area (Å²) < 4.78 is 37.5. The maximum absolute atomic E-state index is 12.5. The van der Waals surface area contributed by atoms with E-state index in [9.17, 15) is 18.0 Å². The topological polar surface area (TPSA) is 66.0 Å². The monoisotopic (exact) mass is 296 g/mol. The predicted molar refractivity (Wildman–Crippen MR) is 70.3 cm³/mol. The number of carboxylic acids is 1. The number of carbonyl (C=O) groups is 1. The van der Waals surface area contributed by atoms with Crippen molar-refractivity contribution in [2.75, 3.05) is 0 Å². The SMILES string of the molecule is C/C(=C\c1cn[nH]c1-c1ccc(C(F)(F)F)cc1)C(=O)O. The second-order valence-electron chi connectivity index (χ2n) is 4.41. The predicted octanol–water partition coefficient (Wildman–Crippen LogP) is 3.58. The molecule has 0 aliphatic carbocycles. The number of aliphatic carboxylic acids is 1. The molecule has 2 aromatic rings. The smallest absolute Gasteiger partial charge is 0.416 e. The van der Waals surface area contributed by atoms with Crippen LogP contribution in [0.4, 0.5) is 13.2 Å². The third kappa shape index (κ3) is 3.31. The Morgan fingerprint density at radius 2 is 1.90 bits per heavy atom. The number of hydrogen-bond acceptors (Lipinski definition) is 2. The molecule has 0 bridgehead atoms. The molecule has 0 radical (unpaired) electrons. The highest BCUT2D eigenvalue weighted by Crippen LogP contribution is 2.31. The molecule has 0 saturated heterocycles. The van der Waals surface area contributed by atoms with Gasteiger partial charge in [-0.25, -0.2) is 4.79 Å². The lowest BCUT2D eigenvalue weighted by Crippen LogP contribution is -2.04. The number of carboxylic acid groups (broad SMARTS) is 1. The Balaban J connectivity index is 2.38. The number of aromatic nitrogens is 2. The van der Waals surface area contributed by atoms with Crippen LogP contribution in [0.15, 0.2) is 36.0 Å². The highest BCUT2D eigenvalue weighted by Gasteiger charge is 2.30. The van der Waals surface area contributed by atoms with Crippen molar-refractivity contribution in [2.45, 2.75) is 13.1 Å². The van der Waals surface area contributed by atoms with E-state index in [1.54, 1.807) is 0 Å². The first-order chi connectivity index (χ1) is 9.79. The van der Waals surface area contributed by atoms with Gasteiger partial charge in [-0.2, -0.15) is 18.3 Å². The molecule has 4 nitrogen and oxygen atoms in total. The lowest BCUT2D eigenvalue weighted by atomic mass is 10.0. The summed E-state index contributed by atoms with van der Waals surface area (Å²) in [5, 5.41) is 15.3. The van der Waals surface area contributed by atoms with Gasteiger partial charge in [-0.15, -0.1) is 0 Å². The van der Waals surface area contributed by atoms with Gasteiger partial charge < -0.3 is 5.11 Å². The number of alkyl halides is 3. The summed E-state index contributed by atoms with van der Waals surface area (Å²) in [5.41, 5.74) is 0.804. The van der Waals surface area contributed by atoms with Crippen molar-refractivity contribution < 1.29 is 23.1 Å². The maximum Gasteiger partial charge on any atom is 0.416 e. The molecule has 2 N–H and O–H groups in total. The highest BCUT2D eigenvalue weighted by molar-refractivity contribution is 5.92. The molecule has 1 aromatic heterocycles. The van der Waals surface area contributed by atoms with E-state index in [1.807, 2.05) is 0 Å². The van der Waals surface area contributed by atoms with Crippen LogP contribution in [-0.4, -0.2) is 21.3 Å². The minimum absolute atomic E-state index is 0.101. The zero-order valence-electron chi connectivity index (χ0n) is 10.9. The van der Waals surface area contributed by atoms with Gasteiger partial charge in [0, 0.05) is 16.7 Å². The number of benzene rings is 1. The second-order valence-corrected chi connectivity index (χ2v) is 4.41. The fourth-order valence-electron chi connectivity index (χ4n) is 1.76. The summed E-state index contributed by atoms with van der Waals surface area (Å²) >= 11 is 0. The molecule has 0 saturated carbocycles. The summed E-state index contributed by atoms with van der Waals surface area (Å²) in [5.74, 6) is -1.07. The zero-order valence-corrected chi connectivity index (χ0v) is 10.9. The van der Waals surface area contributed by atoms with Crippen molar-refractivity contribution >= 4 is 12.0 Å². The number of rotatable bonds is 3. The lowest BCUT2D eigenvalue weighted by molar-refractivity contribution is -0.137. The highest BCUT2D eigenvalue weighted by atomic mass is 19.4. The molecule has 0 atom stereocenters. The minimum Gasteiger partial charge on any atom is -0.478 e. The fourth-order valence-corrected chi connectivity index (χ4v) is 1.76. The first-order valence-electron chi connectivity index (χ1n) is 5.91. The molecule has 0 aliphatic rings. The van der Waals surface area contributed by atoms with Gasteiger partial charge in [0.15, 0.2) is 0 Å². The van der Waals surface area contributed by atoms with Crippen LogP contribution < -0.4 is 0 Å². The maximum atomic E-state index is 12.5. The van der Waals surface area contributed by atoms with E-state index < -0.39 is 17.7 Å². The quantitative estimate of drug-likeness (QED) is 0.851. The van der Waals surface area contributed by atoms with E-state index >= 15 is 0 Å². The molecule has 1 aromatic carbocycles. The summed E-state index contributed by atoms with van der Waals surface area (Å²) in [4.78, 5) is 10.8. The van der Waals surface area contributed by atoms with Crippen molar-refractivity contribution in [3.8, 4) is 11.3 Å². The van der Waals surface area contributed by atoms with Gasteiger partial charge in [-0.1, -0.05) is 12.1 Å². The Morgan fingerprint density at radius 1 is 1.29 bits per heavy atom. The Kier molecular flexibility index (Phi) is 3.84. The Labute approximate surface area is 117 Å². The molecular weight excluding hydrogens is 285 g/mol. The van der Waals surface area contributed by atoms with Gasteiger partial charge in [0.05, 0.1) is 17.5 Å². The molecule has 1 heterocycles. The zero-order chi connectivity index (χ0) is 15.6. The van der Waals surface area contributed by atoms with Crippen LogP contribution in [-0.2, 0) is 11.0 Å². The van der Waals surface area contributed by atoms with E-state index in [1.165, 1.54) is 31.3 Å². The number of halogens is 3. The normalized spacial score (nSPS) is 12.5. The second kappa shape index (κ2) is 5.43. The summed E-state index contributed by atoms with van der Waals surface area (Å²) in [7, 11) is 0. The van der Waals surface area contributed by atoms with Gasteiger partial charge in [0.1, 0.15) is 0 Å². The summed E-state index contributed by atoms with van der Waals surface area (Å²) in [6.07, 6.45) is -1.58. The largest absolute Gasteiger partial charge is 0.478 e. The van der Waals surface area contributed by atoms with Crippen LogP contribution in [0.25, 0.3) is 17.3 Å². The average Bonchev–Trinajstić information content (AvgIpc) is 2.86. The minimum atomic E-state index is -4.39. The van der Waals surface area contributed by atoms with Gasteiger partial charge in [0.2, 0.25) is 0 Å². The molecule has 0 fully saturated rings. The van der Waals surface area contributed by atoms with Crippen molar-refractivity contribution in [2.24, 2.45) is 0 Å². The first-order valence-corrected chi connectivity index (χ1v) is 5.91. The fraction of sp³-hybridized carbons (Fsp3) is 0.143. The number of aromatic amines is 1. The molecule has 0 spiro atoms. The number of H-pyrrole nitrogens is 1. The van der Waals surface area contributed by atoms with E-state index in [2.05, 4.69) is 10.2 Å². The third-order valence-corrected chi connectivity index (χ3v) is 2.88. The van der Waals surface area contributed by atoms with E-state index in [-0.39, 0.29) is 5.57 Å². The summed E-state index contributed by atoms with van der Waals surface area (Å²) in [6, 6.07) is 4.55. The number of nitrogens with zero attached hydrogens (tertiary/aromatic N) is 1. The summed E-state index contributed by atoms with van der Waals surface area (Å²) in [6.45, 7) is 1.42. The van der Waals surface area contributed by atoms with Gasteiger partial charge in [-0.3, -0.25) is 5.10 Å². The van der Waals surface area contributed by atoms with Gasteiger partial charge in [0.25, 0.3) is 0 Å². The van der Waals surface area contributed by atoms with Crippen molar-refractivity contribution in [3.05, 3.63) is 47.2 Å². The van der Waals surface area contributed by atoms with Crippen LogP contribution in [0.1, 0.15) is 18.1 Å². The van der Waals surface area contributed by atoms with Gasteiger partial charge in [-0.05, 0) is 25.1 Å². The third-order valence-electron chi connectivity index (χ3n) is 2.88. The molecule has 0 amide bonds. The molecule has 0 aliphatic heterocycles. The van der Waals surface area contributed by atoms with Crippen LogP contribution in [0, 0.1) is 0 Å². The molecule has 21 heavy (non-hydrogen) atoms. The van der Waals surface area contributed by atoms with Crippen LogP contribution in [0.2, 0.25) is 0 Å². The first kappa shape index (κ1) is 14.8. The lowest BCUT2D eigenvalue weighted by Gasteiger charge is -2.07. The number of nitrogens with one attached hydrogen (secondary N) is 1. The van der Waals surface area contributed by atoms with Crippen molar-refractivity contribution in [1.29, 1.82) is 0 Å². The molecule has 2 rings (SSSR count). The Morgan fingerprint density at radius 3 is 2.43 bits per heavy atom.